The number of pyridine rings is 1. The highest BCUT2D eigenvalue weighted by molar-refractivity contribution is 6.30. The monoisotopic (exact) mass is 305 g/mol. The third kappa shape index (κ3) is 2.60. The number of carbonyl (C=O) groups is 1. The van der Waals surface area contributed by atoms with Crippen LogP contribution in [0.3, 0.4) is 0 Å². The molecule has 1 aromatic carbocycles. The molecular formula is C15H9ClFNO3. The number of nitrogens with zero attached hydrogens (tertiary/aromatic N) is 1. The molecular weight excluding hydrogens is 297 g/mol. The highest BCUT2D eigenvalue weighted by Crippen LogP contribution is 2.29. The highest BCUT2D eigenvalue weighted by atomic mass is 35.5. The van der Waals surface area contributed by atoms with Gasteiger partial charge in [-0.05, 0) is 23.8 Å². The molecule has 1 aliphatic carbocycles. The van der Waals surface area contributed by atoms with Crippen molar-refractivity contribution in [3.63, 3.8) is 0 Å². The molecule has 2 aromatic rings. The van der Waals surface area contributed by atoms with Crippen molar-refractivity contribution in [1.29, 1.82) is 0 Å². The number of carboxylic acid groups (broad SMARTS) is 1. The van der Waals surface area contributed by atoms with E-state index in [4.69, 9.17) is 21.4 Å². The van der Waals surface area contributed by atoms with Gasteiger partial charge in [-0.25, -0.2) is 9.18 Å². The average molecular weight is 306 g/mol. The summed E-state index contributed by atoms with van der Waals surface area (Å²) in [7, 11) is 0. The van der Waals surface area contributed by atoms with Crippen molar-refractivity contribution in [2.75, 3.05) is 0 Å². The first-order valence-electron chi connectivity index (χ1n) is 6.09. The molecule has 0 unspecified atom stereocenters. The molecule has 0 aliphatic heterocycles. The number of ether oxygens (including phenoxy) is 1. The van der Waals surface area contributed by atoms with Crippen LogP contribution in [0, 0.1) is 5.82 Å². The molecule has 3 rings (SSSR count). The fourth-order valence-electron chi connectivity index (χ4n) is 2.15. The Balaban J connectivity index is 1.85. The van der Waals surface area contributed by atoms with Crippen LogP contribution in [-0.4, -0.2) is 16.1 Å². The third-order valence-electron chi connectivity index (χ3n) is 3.11. The molecule has 0 atom stereocenters. The van der Waals surface area contributed by atoms with Crippen LogP contribution in [0.2, 0.25) is 5.02 Å². The second-order valence-electron chi connectivity index (χ2n) is 4.49. The predicted octanol–water partition coefficient (Wildman–Crippen LogP) is 3.55. The van der Waals surface area contributed by atoms with Gasteiger partial charge in [0.25, 0.3) is 0 Å². The molecule has 0 amide bonds. The fraction of sp³-hybridized carbons (Fsp3) is 0.0667. The van der Waals surface area contributed by atoms with Crippen LogP contribution in [0.25, 0.3) is 6.08 Å². The van der Waals surface area contributed by atoms with E-state index in [0.29, 0.717) is 29.2 Å². The molecule has 0 bridgehead atoms. The molecule has 0 radical (unpaired) electrons. The zero-order valence-corrected chi connectivity index (χ0v) is 11.4. The van der Waals surface area contributed by atoms with E-state index in [1.54, 1.807) is 12.1 Å². The van der Waals surface area contributed by atoms with E-state index in [9.17, 15) is 9.18 Å². The van der Waals surface area contributed by atoms with Gasteiger partial charge in [-0.2, -0.15) is 0 Å². The number of aromatic carboxylic acids is 1. The number of carboxylic acids is 1. The summed E-state index contributed by atoms with van der Waals surface area (Å²) in [6, 6.07) is 5.56. The molecule has 1 aromatic heterocycles. The third-order valence-corrected chi connectivity index (χ3v) is 3.41. The minimum atomic E-state index is -1.01. The lowest BCUT2D eigenvalue weighted by Crippen LogP contribution is -2.04. The molecule has 21 heavy (non-hydrogen) atoms. The largest absolute Gasteiger partial charge is 0.478 e. The molecule has 4 nitrogen and oxygen atoms in total. The van der Waals surface area contributed by atoms with Crippen molar-refractivity contribution < 1.29 is 19.0 Å². The number of hydrogen-bond acceptors (Lipinski definition) is 3. The summed E-state index contributed by atoms with van der Waals surface area (Å²) in [4.78, 5) is 15.3. The molecule has 6 heteroatoms. The number of fused-ring (bicyclic) bond motifs is 1. The van der Waals surface area contributed by atoms with E-state index >= 15 is 0 Å². The van der Waals surface area contributed by atoms with E-state index < -0.39 is 11.8 Å². The summed E-state index contributed by atoms with van der Waals surface area (Å²) < 4.78 is 18.9. The summed E-state index contributed by atoms with van der Waals surface area (Å²) in [5.41, 5.74) is 1.34. The zero-order chi connectivity index (χ0) is 15.0. The SMILES string of the molecule is O=C(O)c1ccnc2c1CC(Oc1ccc(Cl)c(F)c1)=C2. The van der Waals surface area contributed by atoms with Crippen LogP contribution >= 0.6 is 11.6 Å². The first-order valence-corrected chi connectivity index (χ1v) is 6.47. The van der Waals surface area contributed by atoms with Crippen molar-refractivity contribution in [3.8, 4) is 5.75 Å². The van der Waals surface area contributed by atoms with Gasteiger partial charge in [0.2, 0.25) is 0 Å². The van der Waals surface area contributed by atoms with Crippen LogP contribution in [-0.2, 0) is 6.42 Å². The number of aromatic nitrogens is 1. The Morgan fingerprint density at radius 3 is 2.90 bits per heavy atom. The number of rotatable bonds is 3. The van der Waals surface area contributed by atoms with E-state index in [2.05, 4.69) is 4.98 Å². The van der Waals surface area contributed by atoms with E-state index in [-0.39, 0.29) is 10.6 Å². The van der Waals surface area contributed by atoms with Gasteiger partial charge < -0.3 is 9.84 Å². The van der Waals surface area contributed by atoms with E-state index in [0.717, 1.165) is 0 Å². The van der Waals surface area contributed by atoms with Crippen LogP contribution in [0.4, 0.5) is 4.39 Å². The van der Waals surface area contributed by atoms with Crippen molar-refractivity contribution in [1.82, 2.24) is 4.98 Å². The number of halogens is 2. The van der Waals surface area contributed by atoms with Gasteiger partial charge in [0.05, 0.1) is 16.3 Å². The van der Waals surface area contributed by atoms with Gasteiger partial charge in [0.1, 0.15) is 17.3 Å². The number of allylic oxidation sites excluding steroid dienone is 1. The topological polar surface area (TPSA) is 59.4 Å². The molecule has 1 heterocycles. The molecule has 1 aliphatic rings. The lowest BCUT2D eigenvalue weighted by Gasteiger charge is -2.07. The maximum absolute atomic E-state index is 13.4. The minimum absolute atomic E-state index is 0.0147. The molecule has 0 saturated heterocycles. The second kappa shape index (κ2) is 5.18. The minimum Gasteiger partial charge on any atom is -0.478 e. The van der Waals surface area contributed by atoms with Crippen LogP contribution in [0.5, 0.6) is 5.75 Å². The lowest BCUT2D eigenvalue weighted by atomic mass is 10.1. The van der Waals surface area contributed by atoms with Crippen molar-refractivity contribution in [3.05, 3.63) is 63.9 Å². The highest BCUT2D eigenvalue weighted by Gasteiger charge is 2.22. The Hall–Kier alpha value is -2.40. The predicted molar refractivity (Wildman–Crippen MR) is 74.9 cm³/mol. The summed E-state index contributed by atoms with van der Waals surface area (Å²) in [5.74, 6) is -0.781. The first kappa shape index (κ1) is 13.6. The molecule has 0 saturated carbocycles. The van der Waals surface area contributed by atoms with Crippen LogP contribution in [0.15, 0.2) is 36.2 Å². The Bertz CT molecular complexity index is 774. The standard InChI is InChI=1S/C15H9ClFNO3/c16-12-2-1-8(6-13(12)17)21-9-5-11-10(15(19)20)3-4-18-14(11)7-9/h1-4,6-7H,5H2,(H,19,20). The molecule has 106 valence electrons. The average Bonchev–Trinajstić information content (AvgIpc) is 2.84. The maximum Gasteiger partial charge on any atom is 0.336 e. The van der Waals surface area contributed by atoms with E-state index in [1.165, 1.54) is 24.4 Å². The Labute approximate surface area is 124 Å². The van der Waals surface area contributed by atoms with Gasteiger partial charge >= 0.3 is 5.97 Å². The number of benzene rings is 1. The van der Waals surface area contributed by atoms with E-state index in [1.807, 2.05) is 0 Å². The Kier molecular flexibility index (Phi) is 3.35. The molecule has 0 spiro atoms. The molecule has 1 N–H and O–H groups in total. The lowest BCUT2D eigenvalue weighted by molar-refractivity contribution is 0.0695. The maximum atomic E-state index is 13.4. The smallest absolute Gasteiger partial charge is 0.336 e. The van der Waals surface area contributed by atoms with Crippen molar-refractivity contribution in [2.24, 2.45) is 0 Å². The quantitative estimate of drug-likeness (QED) is 0.942. The summed E-state index contributed by atoms with van der Waals surface area (Å²) in [5, 5.41) is 9.15. The molecule has 0 fully saturated rings. The van der Waals surface area contributed by atoms with Crippen molar-refractivity contribution in [2.45, 2.75) is 6.42 Å². The van der Waals surface area contributed by atoms with Gasteiger partial charge in [-0.3, -0.25) is 4.98 Å². The zero-order valence-electron chi connectivity index (χ0n) is 10.6. The second-order valence-corrected chi connectivity index (χ2v) is 4.90. The summed E-state index contributed by atoms with van der Waals surface area (Å²) in [6.07, 6.45) is 3.38. The van der Waals surface area contributed by atoms with Gasteiger partial charge in [-0.1, -0.05) is 11.6 Å². The van der Waals surface area contributed by atoms with Gasteiger partial charge in [0, 0.05) is 24.8 Å². The summed E-state index contributed by atoms with van der Waals surface area (Å²) >= 11 is 5.61. The normalized spacial score (nSPS) is 12.8. The van der Waals surface area contributed by atoms with Gasteiger partial charge in [-0.15, -0.1) is 0 Å². The Morgan fingerprint density at radius 1 is 1.38 bits per heavy atom. The van der Waals surface area contributed by atoms with Crippen LogP contribution < -0.4 is 4.74 Å². The Morgan fingerprint density at radius 2 is 2.19 bits per heavy atom. The van der Waals surface area contributed by atoms with Gasteiger partial charge in [0.15, 0.2) is 0 Å². The van der Waals surface area contributed by atoms with Crippen LogP contribution in [0.1, 0.15) is 21.6 Å². The summed E-state index contributed by atoms with van der Waals surface area (Å²) in [6.45, 7) is 0. The number of hydrogen-bond donors (Lipinski definition) is 1. The fourth-order valence-corrected chi connectivity index (χ4v) is 2.27. The van der Waals surface area contributed by atoms with Crippen molar-refractivity contribution >= 4 is 23.6 Å². The first-order chi connectivity index (χ1) is 10.0.